The molecule has 0 saturated heterocycles. The highest BCUT2D eigenvalue weighted by atomic mass is 16.1. The maximum atomic E-state index is 11.8. The summed E-state index contributed by atoms with van der Waals surface area (Å²) in [5, 5.41) is 7.40. The maximum Gasteiger partial charge on any atom is 0.243 e. The molecule has 2 aromatic heterocycles. The van der Waals surface area contributed by atoms with Crippen molar-refractivity contribution in [2.75, 3.05) is 12.3 Å². The van der Waals surface area contributed by atoms with Gasteiger partial charge in [0.15, 0.2) is 0 Å². The number of rotatable bonds is 7. The van der Waals surface area contributed by atoms with Crippen LogP contribution in [0.3, 0.4) is 0 Å². The molecule has 0 aliphatic rings. The average Bonchev–Trinajstić information content (AvgIpc) is 3.06. The van der Waals surface area contributed by atoms with Gasteiger partial charge in [0.05, 0.1) is 11.4 Å². The summed E-state index contributed by atoms with van der Waals surface area (Å²) < 4.78 is 1.73. The van der Waals surface area contributed by atoms with Crippen LogP contribution in [0, 0.1) is 0 Å². The van der Waals surface area contributed by atoms with Crippen LogP contribution in [0.15, 0.2) is 67.0 Å². The minimum atomic E-state index is -0.115. The third kappa shape index (κ3) is 4.80. The summed E-state index contributed by atoms with van der Waals surface area (Å²) in [6.45, 7) is 0.581. The number of carbonyl (C=O) groups is 1. The van der Waals surface area contributed by atoms with Crippen molar-refractivity contribution in [2.45, 2.75) is 12.8 Å². The van der Waals surface area contributed by atoms with Crippen molar-refractivity contribution in [1.82, 2.24) is 20.1 Å². The second-order valence-corrected chi connectivity index (χ2v) is 5.82. The lowest BCUT2D eigenvalue weighted by molar-refractivity contribution is -0.116. The van der Waals surface area contributed by atoms with E-state index >= 15 is 0 Å². The summed E-state index contributed by atoms with van der Waals surface area (Å²) in [5.74, 6) is 0.492. The predicted molar refractivity (Wildman–Crippen MR) is 103 cm³/mol. The van der Waals surface area contributed by atoms with Gasteiger partial charge in [0, 0.05) is 31.1 Å². The average molecular weight is 347 g/mol. The van der Waals surface area contributed by atoms with E-state index in [0.29, 0.717) is 12.4 Å². The number of pyridine rings is 1. The van der Waals surface area contributed by atoms with E-state index in [4.69, 9.17) is 5.73 Å². The van der Waals surface area contributed by atoms with Gasteiger partial charge in [-0.25, -0.2) is 4.68 Å². The zero-order valence-corrected chi connectivity index (χ0v) is 14.4. The molecule has 0 radical (unpaired) electrons. The van der Waals surface area contributed by atoms with Gasteiger partial charge in [-0.05, 0) is 48.7 Å². The van der Waals surface area contributed by atoms with Crippen molar-refractivity contribution in [2.24, 2.45) is 0 Å². The number of para-hydroxylation sites is 1. The van der Waals surface area contributed by atoms with Gasteiger partial charge in [-0.3, -0.25) is 9.78 Å². The van der Waals surface area contributed by atoms with Crippen LogP contribution in [0.2, 0.25) is 0 Å². The zero-order valence-electron chi connectivity index (χ0n) is 14.4. The first-order chi connectivity index (χ1) is 12.7. The Morgan fingerprint density at radius 3 is 2.69 bits per heavy atom. The summed E-state index contributed by atoms with van der Waals surface area (Å²) in [4.78, 5) is 15.8. The number of anilines is 1. The maximum absolute atomic E-state index is 11.8. The monoisotopic (exact) mass is 347 g/mol. The van der Waals surface area contributed by atoms with Crippen LogP contribution in [-0.4, -0.2) is 27.2 Å². The molecule has 0 aliphatic carbocycles. The van der Waals surface area contributed by atoms with Gasteiger partial charge in [0.1, 0.15) is 5.82 Å². The molecule has 0 fully saturated rings. The third-order valence-corrected chi connectivity index (χ3v) is 3.83. The number of amides is 1. The summed E-state index contributed by atoms with van der Waals surface area (Å²) >= 11 is 0. The van der Waals surface area contributed by atoms with E-state index in [9.17, 15) is 4.79 Å². The number of benzene rings is 1. The molecule has 2 heterocycles. The Morgan fingerprint density at radius 1 is 1.15 bits per heavy atom. The van der Waals surface area contributed by atoms with Gasteiger partial charge >= 0.3 is 0 Å². The van der Waals surface area contributed by atoms with E-state index < -0.39 is 0 Å². The minimum absolute atomic E-state index is 0.115. The van der Waals surface area contributed by atoms with E-state index in [1.54, 1.807) is 23.2 Å². The van der Waals surface area contributed by atoms with Crippen LogP contribution in [0.5, 0.6) is 0 Å². The van der Waals surface area contributed by atoms with Crippen LogP contribution in [-0.2, 0) is 11.2 Å². The summed E-state index contributed by atoms with van der Waals surface area (Å²) in [6.07, 6.45) is 8.21. The molecule has 6 nitrogen and oxygen atoms in total. The van der Waals surface area contributed by atoms with Crippen LogP contribution < -0.4 is 11.1 Å². The molecule has 3 N–H and O–H groups in total. The van der Waals surface area contributed by atoms with E-state index in [1.165, 1.54) is 6.08 Å². The molecule has 26 heavy (non-hydrogen) atoms. The fourth-order valence-electron chi connectivity index (χ4n) is 2.53. The smallest absolute Gasteiger partial charge is 0.243 e. The second-order valence-electron chi connectivity index (χ2n) is 5.82. The first-order valence-electron chi connectivity index (χ1n) is 8.48. The highest BCUT2D eigenvalue weighted by molar-refractivity contribution is 5.91. The van der Waals surface area contributed by atoms with Gasteiger partial charge in [0.2, 0.25) is 5.91 Å². The van der Waals surface area contributed by atoms with Gasteiger partial charge in [-0.2, -0.15) is 5.10 Å². The normalized spacial score (nSPS) is 10.9. The Hall–Kier alpha value is -3.41. The molecule has 0 bridgehead atoms. The Kier molecular flexibility index (Phi) is 5.77. The van der Waals surface area contributed by atoms with E-state index in [1.807, 2.05) is 48.5 Å². The van der Waals surface area contributed by atoms with E-state index in [0.717, 1.165) is 29.8 Å². The number of nitrogen functional groups attached to an aromatic ring is 1. The van der Waals surface area contributed by atoms with Crippen molar-refractivity contribution in [3.8, 4) is 5.69 Å². The molecule has 6 heteroatoms. The number of nitrogens with one attached hydrogen (secondary N) is 1. The Balaban J connectivity index is 1.45. The van der Waals surface area contributed by atoms with Crippen LogP contribution >= 0.6 is 0 Å². The molecule has 1 aromatic carbocycles. The molecule has 3 rings (SSSR count). The standard InChI is InChI=1S/C20H21N5O/c21-19-15-17(24-25(19)18-6-2-1-3-7-18)5-4-12-23-20(26)9-8-16-10-13-22-14-11-16/h1-3,6-11,13-15H,4-5,12,21H2,(H,23,26)/b9-8+. The highest BCUT2D eigenvalue weighted by Crippen LogP contribution is 2.14. The Labute approximate surface area is 152 Å². The third-order valence-electron chi connectivity index (χ3n) is 3.83. The number of hydrogen-bond donors (Lipinski definition) is 2. The molecular weight excluding hydrogens is 326 g/mol. The zero-order chi connectivity index (χ0) is 18.2. The number of hydrogen-bond acceptors (Lipinski definition) is 4. The quantitative estimate of drug-likeness (QED) is 0.508. The van der Waals surface area contributed by atoms with Gasteiger partial charge in [-0.1, -0.05) is 18.2 Å². The Bertz CT molecular complexity index is 872. The van der Waals surface area contributed by atoms with Crippen molar-refractivity contribution in [3.05, 3.63) is 78.3 Å². The first kappa shape index (κ1) is 17.4. The predicted octanol–water partition coefficient (Wildman–Crippen LogP) is 2.61. The molecule has 0 aliphatic heterocycles. The summed E-state index contributed by atoms with van der Waals surface area (Å²) in [5.41, 5.74) is 8.83. The van der Waals surface area contributed by atoms with Crippen molar-refractivity contribution < 1.29 is 4.79 Å². The SMILES string of the molecule is Nc1cc(CCCNC(=O)/C=C/c2ccncc2)nn1-c1ccccc1. The Morgan fingerprint density at radius 2 is 1.92 bits per heavy atom. The van der Waals surface area contributed by atoms with Gasteiger partial charge in [-0.15, -0.1) is 0 Å². The molecule has 0 spiro atoms. The summed E-state index contributed by atoms with van der Waals surface area (Å²) in [6, 6.07) is 15.3. The number of nitrogens with zero attached hydrogens (tertiary/aromatic N) is 3. The van der Waals surface area contributed by atoms with E-state index in [2.05, 4.69) is 15.4 Å². The number of aromatic nitrogens is 3. The molecule has 0 saturated carbocycles. The molecule has 1 amide bonds. The van der Waals surface area contributed by atoms with E-state index in [-0.39, 0.29) is 5.91 Å². The van der Waals surface area contributed by atoms with Crippen LogP contribution in [0.1, 0.15) is 17.7 Å². The van der Waals surface area contributed by atoms with Crippen molar-refractivity contribution >= 4 is 17.8 Å². The fraction of sp³-hybridized carbons (Fsp3) is 0.150. The fourth-order valence-corrected chi connectivity index (χ4v) is 2.53. The number of aryl methyl sites for hydroxylation is 1. The molecule has 132 valence electrons. The second kappa shape index (κ2) is 8.62. The largest absolute Gasteiger partial charge is 0.384 e. The highest BCUT2D eigenvalue weighted by Gasteiger charge is 2.06. The van der Waals surface area contributed by atoms with Gasteiger partial charge in [0.25, 0.3) is 0 Å². The van der Waals surface area contributed by atoms with Crippen LogP contribution in [0.4, 0.5) is 5.82 Å². The first-order valence-corrected chi connectivity index (χ1v) is 8.48. The molecule has 0 atom stereocenters. The number of carbonyl (C=O) groups excluding carboxylic acids is 1. The van der Waals surface area contributed by atoms with Crippen LogP contribution in [0.25, 0.3) is 11.8 Å². The molecule has 0 unspecified atom stereocenters. The lowest BCUT2D eigenvalue weighted by Crippen LogP contribution is -2.22. The lowest BCUT2D eigenvalue weighted by atomic mass is 10.2. The molecular formula is C20H21N5O. The molecule has 3 aromatic rings. The lowest BCUT2D eigenvalue weighted by Gasteiger charge is -2.03. The topological polar surface area (TPSA) is 85.8 Å². The van der Waals surface area contributed by atoms with Crippen molar-refractivity contribution in [3.63, 3.8) is 0 Å². The van der Waals surface area contributed by atoms with Crippen molar-refractivity contribution in [1.29, 1.82) is 0 Å². The minimum Gasteiger partial charge on any atom is -0.384 e. The van der Waals surface area contributed by atoms with Gasteiger partial charge < -0.3 is 11.1 Å². The number of nitrogens with two attached hydrogens (primary N) is 1. The summed E-state index contributed by atoms with van der Waals surface area (Å²) in [7, 11) is 0.